The van der Waals surface area contributed by atoms with Crippen LogP contribution < -0.4 is 0 Å². The summed E-state index contributed by atoms with van der Waals surface area (Å²) in [5.74, 6) is 0.874. The zero-order valence-electron chi connectivity index (χ0n) is 16.2. The van der Waals surface area contributed by atoms with E-state index in [4.69, 9.17) is 11.6 Å². The number of nitrogens with one attached hydrogen (secondary N) is 1. The number of allylic oxidation sites excluding steroid dienone is 1. The SMILES string of the molecule is CC(Sc1nnc(-c2ccccc2Cl)n1C)/C(O)=C(\C#N)c1nc2ccccc2[nH]1. The topological polar surface area (TPSA) is 103 Å². The number of para-hydroxylation sites is 2. The van der Waals surface area contributed by atoms with Crippen LogP contribution in [-0.4, -0.2) is 35.1 Å². The Balaban J connectivity index is 1.64. The second-order valence-electron chi connectivity index (χ2n) is 6.58. The average molecular weight is 437 g/mol. The molecule has 0 spiro atoms. The summed E-state index contributed by atoms with van der Waals surface area (Å²) in [6, 6.07) is 16.9. The predicted molar refractivity (Wildman–Crippen MR) is 118 cm³/mol. The minimum atomic E-state index is -0.449. The Labute approximate surface area is 182 Å². The molecule has 1 unspecified atom stereocenters. The van der Waals surface area contributed by atoms with Crippen molar-refractivity contribution in [2.75, 3.05) is 0 Å². The molecule has 0 aliphatic rings. The number of halogens is 1. The fourth-order valence-electron chi connectivity index (χ4n) is 3.01. The number of thioether (sulfide) groups is 1. The Hall–Kier alpha value is -3.28. The molecule has 9 heteroatoms. The summed E-state index contributed by atoms with van der Waals surface area (Å²) in [6.07, 6.45) is 0. The van der Waals surface area contributed by atoms with Crippen molar-refractivity contribution in [3.8, 4) is 17.5 Å². The predicted octanol–water partition coefficient (Wildman–Crippen LogP) is 4.99. The summed E-state index contributed by atoms with van der Waals surface area (Å²) in [7, 11) is 1.83. The number of aliphatic hydroxyl groups is 1. The molecule has 0 saturated heterocycles. The van der Waals surface area contributed by atoms with E-state index >= 15 is 0 Å². The van der Waals surface area contributed by atoms with Crippen LogP contribution in [0.25, 0.3) is 28.0 Å². The van der Waals surface area contributed by atoms with Gasteiger partial charge in [-0.3, -0.25) is 0 Å². The lowest BCUT2D eigenvalue weighted by Gasteiger charge is -2.11. The number of rotatable bonds is 5. The van der Waals surface area contributed by atoms with Crippen LogP contribution in [0.4, 0.5) is 0 Å². The van der Waals surface area contributed by atoms with Crippen LogP contribution in [0, 0.1) is 11.3 Å². The molecular formula is C21H17ClN6OS. The number of H-pyrrole nitrogens is 1. The molecule has 2 heterocycles. The molecule has 1 atom stereocenters. The first-order valence-electron chi connectivity index (χ1n) is 9.09. The van der Waals surface area contributed by atoms with Crippen molar-refractivity contribution >= 4 is 40.0 Å². The number of benzene rings is 2. The summed E-state index contributed by atoms with van der Waals surface area (Å²) in [6.45, 7) is 1.80. The number of nitriles is 1. The molecule has 0 aliphatic carbocycles. The van der Waals surface area contributed by atoms with E-state index in [2.05, 4.69) is 26.2 Å². The second-order valence-corrected chi connectivity index (χ2v) is 8.29. The Bertz CT molecular complexity index is 1270. The van der Waals surface area contributed by atoms with E-state index in [0.29, 0.717) is 21.8 Å². The van der Waals surface area contributed by atoms with E-state index in [1.165, 1.54) is 11.8 Å². The van der Waals surface area contributed by atoms with Crippen LogP contribution in [0.3, 0.4) is 0 Å². The molecule has 150 valence electrons. The summed E-state index contributed by atoms with van der Waals surface area (Å²) in [5, 5.41) is 29.6. The van der Waals surface area contributed by atoms with E-state index in [9.17, 15) is 10.4 Å². The van der Waals surface area contributed by atoms with Gasteiger partial charge in [0.1, 0.15) is 17.4 Å². The van der Waals surface area contributed by atoms with Gasteiger partial charge in [-0.1, -0.05) is 47.6 Å². The summed E-state index contributed by atoms with van der Waals surface area (Å²) in [5.41, 5.74) is 2.39. The molecule has 0 amide bonds. The van der Waals surface area contributed by atoms with Gasteiger partial charge in [-0.25, -0.2) is 4.98 Å². The number of aliphatic hydroxyl groups excluding tert-OH is 1. The van der Waals surface area contributed by atoms with Gasteiger partial charge in [0.15, 0.2) is 16.8 Å². The van der Waals surface area contributed by atoms with E-state index < -0.39 is 5.25 Å². The molecule has 2 aromatic heterocycles. The van der Waals surface area contributed by atoms with Gasteiger partial charge in [0, 0.05) is 12.6 Å². The highest BCUT2D eigenvalue weighted by molar-refractivity contribution is 7.99. The van der Waals surface area contributed by atoms with Crippen LogP contribution in [-0.2, 0) is 7.05 Å². The Morgan fingerprint density at radius 2 is 1.93 bits per heavy atom. The van der Waals surface area contributed by atoms with Crippen molar-refractivity contribution in [1.82, 2.24) is 24.7 Å². The van der Waals surface area contributed by atoms with Crippen LogP contribution in [0.5, 0.6) is 0 Å². The number of imidazole rings is 1. The highest BCUT2D eigenvalue weighted by Crippen LogP contribution is 2.32. The van der Waals surface area contributed by atoms with Gasteiger partial charge in [0.2, 0.25) is 0 Å². The first-order valence-corrected chi connectivity index (χ1v) is 10.3. The summed E-state index contributed by atoms with van der Waals surface area (Å²) in [4.78, 5) is 7.49. The van der Waals surface area contributed by atoms with Crippen LogP contribution in [0.15, 0.2) is 59.4 Å². The highest BCUT2D eigenvalue weighted by Gasteiger charge is 2.22. The first-order chi connectivity index (χ1) is 14.5. The monoisotopic (exact) mass is 436 g/mol. The molecule has 0 bridgehead atoms. The molecular weight excluding hydrogens is 420 g/mol. The standard InChI is InChI=1S/C21H17ClN6OS/c1-12(18(29)14(11-23)19-24-16-9-5-6-10-17(16)25-19)30-21-27-26-20(28(21)2)13-7-3-4-8-15(13)22/h3-10,12,29H,1-2H3,(H,24,25)/b18-14-. The van der Waals surface area contributed by atoms with Crippen molar-refractivity contribution in [3.05, 3.63) is 65.1 Å². The molecule has 0 aliphatic heterocycles. The summed E-state index contributed by atoms with van der Waals surface area (Å²) >= 11 is 7.57. The van der Waals surface area contributed by atoms with Gasteiger partial charge in [-0.15, -0.1) is 10.2 Å². The van der Waals surface area contributed by atoms with E-state index in [0.717, 1.165) is 16.6 Å². The molecule has 0 saturated carbocycles. The van der Waals surface area contributed by atoms with Gasteiger partial charge in [-0.2, -0.15) is 5.26 Å². The van der Waals surface area contributed by atoms with Gasteiger partial charge < -0.3 is 14.7 Å². The zero-order chi connectivity index (χ0) is 21.3. The average Bonchev–Trinajstić information content (AvgIpc) is 3.32. The van der Waals surface area contributed by atoms with Gasteiger partial charge in [0.25, 0.3) is 0 Å². The molecule has 2 aromatic carbocycles. The lowest BCUT2D eigenvalue weighted by molar-refractivity contribution is 0.401. The third kappa shape index (κ3) is 3.65. The summed E-state index contributed by atoms with van der Waals surface area (Å²) < 4.78 is 1.81. The lowest BCUT2D eigenvalue weighted by Crippen LogP contribution is -2.07. The number of hydrogen-bond donors (Lipinski definition) is 2. The number of aromatic amines is 1. The third-order valence-corrected chi connectivity index (χ3v) is 6.08. The maximum Gasteiger partial charge on any atom is 0.191 e. The van der Waals surface area contributed by atoms with Crippen LogP contribution in [0.2, 0.25) is 5.02 Å². The zero-order valence-corrected chi connectivity index (χ0v) is 17.7. The number of aromatic nitrogens is 5. The first kappa shape index (κ1) is 20.0. The van der Waals surface area contributed by atoms with E-state index in [1.807, 2.05) is 54.1 Å². The Morgan fingerprint density at radius 1 is 1.20 bits per heavy atom. The van der Waals surface area contributed by atoms with Gasteiger partial charge in [0.05, 0.1) is 21.3 Å². The van der Waals surface area contributed by atoms with Crippen molar-refractivity contribution in [2.45, 2.75) is 17.3 Å². The lowest BCUT2D eigenvalue weighted by atomic mass is 10.2. The fourth-order valence-corrected chi connectivity index (χ4v) is 4.11. The van der Waals surface area contributed by atoms with Crippen LogP contribution >= 0.6 is 23.4 Å². The highest BCUT2D eigenvalue weighted by atomic mass is 35.5. The maximum absolute atomic E-state index is 10.8. The van der Waals surface area contributed by atoms with Crippen molar-refractivity contribution in [1.29, 1.82) is 5.26 Å². The maximum atomic E-state index is 10.8. The van der Waals surface area contributed by atoms with Crippen molar-refractivity contribution < 1.29 is 5.11 Å². The number of hydrogen-bond acceptors (Lipinski definition) is 6. The third-order valence-electron chi connectivity index (χ3n) is 4.61. The largest absolute Gasteiger partial charge is 0.510 e. The second kappa shape index (κ2) is 8.22. The molecule has 0 radical (unpaired) electrons. The van der Waals surface area contributed by atoms with Crippen LogP contribution in [0.1, 0.15) is 12.7 Å². The Morgan fingerprint density at radius 3 is 2.67 bits per heavy atom. The minimum Gasteiger partial charge on any atom is -0.510 e. The van der Waals surface area contributed by atoms with Crippen molar-refractivity contribution in [2.24, 2.45) is 7.05 Å². The number of nitrogens with zero attached hydrogens (tertiary/aromatic N) is 5. The quantitative estimate of drug-likeness (QED) is 0.259. The van der Waals surface area contributed by atoms with Gasteiger partial charge >= 0.3 is 0 Å². The number of fused-ring (bicyclic) bond motifs is 1. The smallest absolute Gasteiger partial charge is 0.191 e. The molecule has 4 aromatic rings. The normalized spacial score (nSPS) is 13.1. The van der Waals surface area contributed by atoms with Gasteiger partial charge in [-0.05, 0) is 31.2 Å². The molecule has 7 nitrogen and oxygen atoms in total. The van der Waals surface area contributed by atoms with E-state index in [-0.39, 0.29) is 11.3 Å². The van der Waals surface area contributed by atoms with E-state index in [1.54, 1.807) is 13.0 Å². The van der Waals surface area contributed by atoms with Crippen molar-refractivity contribution in [3.63, 3.8) is 0 Å². The molecule has 30 heavy (non-hydrogen) atoms. The minimum absolute atomic E-state index is 0.0798. The molecule has 2 N–H and O–H groups in total. The Kier molecular flexibility index (Phi) is 5.48. The molecule has 4 rings (SSSR count). The molecule has 0 fully saturated rings. The fraction of sp³-hybridized carbons (Fsp3) is 0.143.